The summed E-state index contributed by atoms with van der Waals surface area (Å²) in [5.41, 5.74) is 3.26. The van der Waals surface area contributed by atoms with E-state index >= 15 is 0 Å². The van der Waals surface area contributed by atoms with Crippen molar-refractivity contribution in [2.45, 2.75) is 19.4 Å². The van der Waals surface area contributed by atoms with Gasteiger partial charge in [-0.05, 0) is 31.2 Å². The third-order valence-electron chi connectivity index (χ3n) is 6.14. The molecule has 0 aliphatic heterocycles. The van der Waals surface area contributed by atoms with Gasteiger partial charge in [-0.15, -0.1) is 0 Å². The molecule has 0 amide bonds. The number of carbonyl (C=O) groups excluding carboxylic acids is 2. The fraction of sp³-hybridized carbons (Fsp3) is 0.269. The average Bonchev–Trinajstić information content (AvgIpc) is 2.83. The van der Waals surface area contributed by atoms with Gasteiger partial charge in [-0.2, -0.15) is 0 Å². The minimum atomic E-state index is -0.935. The van der Waals surface area contributed by atoms with Crippen molar-refractivity contribution in [2.24, 2.45) is 11.8 Å². The zero-order valence-corrected chi connectivity index (χ0v) is 18.8. The van der Waals surface area contributed by atoms with Gasteiger partial charge in [0.1, 0.15) is 0 Å². The Bertz CT molecular complexity index is 1220. The van der Waals surface area contributed by atoms with Crippen LogP contribution in [-0.4, -0.2) is 30.7 Å². The number of esters is 2. The highest BCUT2D eigenvalue weighted by atomic mass is 16.5. The van der Waals surface area contributed by atoms with E-state index in [0.717, 1.165) is 17.1 Å². The third kappa shape index (κ3) is 4.14. The molecule has 7 heteroatoms. The molecule has 3 atom stereocenters. The number of pyridine rings is 1. The van der Waals surface area contributed by atoms with Gasteiger partial charge < -0.3 is 19.4 Å². The number of benzene rings is 2. The highest BCUT2D eigenvalue weighted by molar-refractivity contribution is 5.84. The molecule has 0 saturated carbocycles. The van der Waals surface area contributed by atoms with Crippen molar-refractivity contribution in [2.75, 3.05) is 19.5 Å². The van der Waals surface area contributed by atoms with Crippen LogP contribution in [-0.2, 0) is 25.5 Å². The Morgan fingerprint density at radius 2 is 1.55 bits per heavy atom. The predicted molar refractivity (Wildman–Crippen MR) is 124 cm³/mol. The summed E-state index contributed by atoms with van der Waals surface area (Å²) in [6.45, 7) is 1.86. The number of para-hydroxylation sites is 2. The van der Waals surface area contributed by atoms with Crippen LogP contribution in [0.1, 0.15) is 23.0 Å². The summed E-state index contributed by atoms with van der Waals surface area (Å²) in [7, 11) is 2.58. The van der Waals surface area contributed by atoms with E-state index in [4.69, 9.17) is 9.47 Å². The number of hydrogen-bond acceptors (Lipinski definition) is 6. The smallest absolute Gasteiger partial charge is 0.312 e. The van der Waals surface area contributed by atoms with Gasteiger partial charge in [-0.1, -0.05) is 36.4 Å². The largest absolute Gasteiger partial charge is 0.469 e. The van der Waals surface area contributed by atoms with E-state index in [9.17, 15) is 14.4 Å². The zero-order valence-electron chi connectivity index (χ0n) is 18.8. The van der Waals surface area contributed by atoms with E-state index < -0.39 is 29.8 Å². The lowest BCUT2D eigenvalue weighted by Gasteiger charge is -2.38. The second-order valence-corrected chi connectivity index (χ2v) is 8.05. The SMILES string of the molecule is COC(=O)[C@@H]1[C@H](Nc2ccccc2)c2c(n(-c3ccccc3)c(C)cc2=O)C[C@H]1C(=O)OC. The number of aryl methyl sites for hydroxylation is 1. The number of nitrogens with one attached hydrogen (secondary N) is 1. The van der Waals surface area contributed by atoms with E-state index in [1.54, 1.807) is 6.07 Å². The number of aromatic nitrogens is 1. The van der Waals surface area contributed by atoms with Gasteiger partial charge in [0.2, 0.25) is 0 Å². The van der Waals surface area contributed by atoms with E-state index in [2.05, 4.69) is 5.32 Å². The van der Waals surface area contributed by atoms with Crippen LogP contribution >= 0.6 is 0 Å². The van der Waals surface area contributed by atoms with Gasteiger partial charge in [0.15, 0.2) is 5.43 Å². The van der Waals surface area contributed by atoms with Crippen LogP contribution in [0.2, 0.25) is 0 Å². The maximum Gasteiger partial charge on any atom is 0.312 e. The van der Waals surface area contributed by atoms with Gasteiger partial charge in [0, 0.05) is 40.8 Å². The normalized spacial score (nSPS) is 19.3. The molecule has 0 radical (unpaired) electrons. The number of fused-ring (bicyclic) bond motifs is 1. The Balaban J connectivity index is 2.00. The minimum absolute atomic E-state index is 0.167. The van der Waals surface area contributed by atoms with Crippen LogP contribution < -0.4 is 10.7 Å². The zero-order chi connectivity index (χ0) is 23.5. The molecular formula is C26H26N2O5. The number of rotatable bonds is 5. The molecule has 3 aromatic rings. The lowest BCUT2D eigenvalue weighted by Crippen LogP contribution is -2.46. The molecule has 0 spiro atoms. The second kappa shape index (κ2) is 9.32. The van der Waals surface area contributed by atoms with Crippen molar-refractivity contribution in [1.82, 2.24) is 4.57 Å². The highest BCUT2D eigenvalue weighted by Crippen LogP contribution is 2.41. The Morgan fingerprint density at radius 1 is 0.939 bits per heavy atom. The van der Waals surface area contributed by atoms with Crippen molar-refractivity contribution in [3.05, 3.63) is 93.9 Å². The lowest BCUT2D eigenvalue weighted by molar-refractivity contribution is -0.159. The van der Waals surface area contributed by atoms with Crippen molar-refractivity contribution in [1.29, 1.82) is 0 Å². The summed E-state index contributed by atoms with van der Waals surface area (Å²) in [5.74, 6) is -2.86. The highest BCUT2D eigenvalue weighted by Gasteiger charge is 2.48. The molecule has 1 N–H and O–H groups in total. The average molecular weight is 447 g/mol. The van der Waals surface area contributed by atoms with Crippen molar-refractivity contribution in [3.63, 3.8) is 0 Å². The topological polar surface area (TPSA) is 86.6 Å². The molecule has 170 valence electrons. The Kier molecular flexibility index (Phi) is 6.31. The Morgan fingerprint density at radius 3 is 2.15 bits per heavy atom. The number of carbonyl (C=O) groups is 2. The molecule has 1 aliphatic rings. The van der Waals surface area contributed by atoms with E-state index in [-0.39, 0.29) is 11.8 Å². The van der Waals surface area contributed by atoms with E-state index in [1.807, 2.05) is 72.2 Å². The molecule has 4 rings (SSSR count). The van der Waals surface area contributed by atoms with Crippen LogP contribution in [0.4, 0.5) is 5.69 Å². The molecule has 0 unspecified atom stereocenters. The molecule has 1 aliphatic carbocycles. The molecule has 33 heavy (non-hydrogen) atoms. The van der Waals surface area contributed by atoms with Crippen LogP contribution in [0.15, 0.2) is 71.5 Å². The van der Waals surface area contributed by atoms with Gasteiger partial charge in [0.05, 0.1) is 32.1 Å². The van der Waals surface area contributed by atoms with E-state index in [1.165, 1.54) is 14.2 Å². The van der Waals surface area contributed by atoms with Crippen LogP contribution in [0.25, 0.3) is 5.69 Å². The van der Waals surface area contributed by atoms with Gasteiger partial charge in [-0.25, -0.2) is 0 Å². The molecule has 7 nitrogen and oxygen atoms in total. The summed E-state index contributed by atoms with van der Waals surface area (Å²) in [5, 5.41) is 3.33. The van der Waals surface area contributed by atoms with Crippen molar-refractivity contribution < 1.29 is 19.1 Å². The van der Waals surface area contributed by atoms with E-state index in [0.29, 0.717) is 11.3 Å². The van der Waals surface area contributed by atoms with Crippen LogP contribution in [0.3, 0.4) is 0 Å². The Labute approximate surface area is 192 Å². The number of nitrogens with zero attached hydrogens (tertiary/aromatic N) is 1. The van der Waals surface area contributed by atoms with Crippen molar-refractivity contribution >= 4 is 17.6 Å². The number of anilines is 1. The summed E-state index contributed by atoms with van der Waals surface area (Å²) >= 11 is 0. The first-order chi connectivity index (χ1) is 16.0. The monoisotopic (exact) mass is 446 g/mol. The standard InChI is InChI=1S/C26H26N2O5/c1-16-14-21(29)23-20(28(16)18-12-8-5-9-13-18)15-19(25(30)32-2)22(26(31)33-3)24(23)27-17-10-6-4-7-11-17/h4-14,19,22,24,27H,15H2,1-3H3/t19-,22+,24+/m1/s1. The first kappa shape index (κ1) is 22.3. The Hall–Kier alpha value is -3.87. The molecule has 1 heterocycles. The third-order valence-corrected chi connectivity index (χ3v) is 6.14. The fourth-order valence-electron chi connectivity index (χ4n) is 4.72. The van der Waals surface area contributed by atoms with Crippen LogP contribution in [0.5, 0.6) is 0 Å². The number of hydrogen-bond donors (Lipinski definition) is 1. The summed E-state index contributed by atoms with van der Waals surface area (Å²) in [4.78, 5) is 39.2. The molecule has 0 bridgehead atoms. The lowest BCUT2D eigenvalue weighted by atomic mass is 9.73. The molecule has 0 saturated heterocycles. The summed E-state index contributed by atoms with van der Waals surface area (Å²) in [6, 6.07) is 19.7. The van der Waals surface area contributed by atoms with Gasteiger partial charge in [-0.3, -0.25) is 14.4 Å². The number of methoxy groups -OCH3 is 2. The quantitative estimate of drug-likeness (QED) is 0.605. The second-order valence-electron chi connectivity index (χ2n) is 8.05. The molecule has 1 aromatic heterocycles. The molecular weight excluding hydrogens is 420 g/mol. The molecule has 0 fully saturated rings. The van der Waals surface area contributed by atoms with Gasteiger partial charge in [0.25, 0.3) is 0 Å². The molecule has 2 aromatic carbocycles. The fourth-order valence-corrected chi connectivity index (χ4v) is 4.72. The summed E-state index contributed by atoms with van der Waals surface area (Å²) in [6.07, 6.45) is 0.167. The maximum atomic E-state index is 13.3. The van der Waals surface area contributed by atoms with Crippen molar-refractivity contribution in [3.8, 4) is 5.69 Å². The number of ether oxygens (including phenoxy) is 2. The first-order valence-corrected chi connectivity index (χ1v) is 10.7. The predicted octanol–water partition coefficient (Wildman–Crippen LogP) is 3.43. The summed E-state index contributed by atoms with van der Waals surface area (Å²) < 4.78 is 12.1. The first-order valence-electron chi connectivity index (χ1n) is 10.7. The maximum absolute atomic E-state index is 13.3. The van der Waals surface area contributed by atoms with Crippen LogP contribution in [0, 0.1) is 18.8 Å². The van der Waals surface area contributed by atoms with Gasteiger partial charge >= 0.3 is 11.9 Å². The minimum Gasteiger partial charge on any atom is -0.469 e.